The Morgan fingerprint density at radius 1 is 1.47 bits per heavy atom. The molecule has 0 aliphatic carbocycles. The van der Waals surface area contributed by atoms with Crippen LogP contribution >= 0.6 is 0 Å². The summed E-state index contributed by atoms with van der Waals surface area (Å²) in [5.74, 6) is 0.00596. The summed E-state index contributed by atoms with van der Waals surface area (Å²) in [5.41, 5.74) is 0. The molecule has 0 aromatic heterocycles. The Hall–Kier alpha value is -0.610. The maximum absolute atomic E-state index is 11.3. The Kier molecular flexibility index (Phi) is 5.65. The van der Waals surface area contributed by atoms with Crippen molar-refractivity contribution in [2.24, 2.45) is 0 Å². The number of carbonyl (C=O) groups excluding carboxylic acids is 1. The predicted molar refractivity (Wildman–Crippen MR) is 59.8 cm³/mol. The lowest BCUT2D eigenvalue weighted by molar-refractivity contribution is -0.125. The minimum Gasteiger partial charge on any atom is -0.375 e. The molecule has 1 amide bonds. The Balaban J connectivity index is 2.16. The van der Waals surface area contributed by atoms with E-state index < -0.39 is 0 Å². The van der Waals surface area contributed by atoms with Crippen molar-refractivity contribution in [1.82, 2.24) is 10.2 Å². The van der Waals surface area contributed by atoms with Crippen LogP contribution in [0.3, 0.4) is 0 Å². The molecular weight excluding hydrogens is 192 g/mol. The zero-order valence-electron chi connectivity index (χ0n) is 9.79. The van der Waals surface area contributed by atoms with Crippen LogP contribution in [-0.4, -0.2) is 50.2 Å². The van der Waals surface area contributed by atoms with E-state index in [0.717, 1.165) is 25.9 Å². The lowest BCUT2D eigenvalue weighted by atomic mass is 10.0. The maximum Gasteiger partial charge on any atom is 0.246 e. The van der Waals surface area contributed by atoms with E-state index in [1.54, 1.807) is 7.11 Å². The van der Waals surface area contributed by atoms with E-state index >= 15 is 0 Å². The molecule has 0 atom stereocenters. The Bertz CT molecular complexity index is 189. The summed E-state index contributed by atoms with van der Waals surface area (Å²) in [6, 6.07) is 0.348. The highest BCUT2D eigenvalue weighted by Crippen LogP contribution is 2.10. The summed E-state index contributed by atoms with van der Waals surface area (Å²) in [4.78, 5) is 13.7. The Morgan fingerprint density at radius 3 is 2.67 bits per heavy atom. The molecule has 0 saturated carbocycles. The molecule has 4 heteroatoms. The highest BCUT2D eigenvalue weighted by molar-refractivity contribution is 5.77. The van der Waals surface area contributed by atoms with Crippen LogP contribution in [0.4, 0.5) is 0 Å². The molecule has 1 aliphatic heterocycles. The second-order valence-corrected chi connectivity index (χ2v) is 4.12. The number of amides is 1. The van der Waals surface area contributed by atoms with Crippen molar-refractivity contribution < 1.29 is 9.53 Å². The van der Waals surface area contributed by atoms with Crippen LogP contribution in [0, 0.1) is 0 Å². The van der Waals surface area contributed by atoms with Crippen molar-refractivity contribution in [3.8, 4) is 0 Å². The van der Waals surface area contributed by atoms with Gasteiger partial charge in [0.05, 0.1) is 0 Å². The standard InChI is InChI=1S/C11H22N2O2/c1-3-6-13-7-4-10(5-8-13)12-11(14)9-15-2/h10H,3-9H2,1-2H3,(H,12,14). The number of piperidine rings is 1. The van der Waals surface area contributed by atoms with Gasteiger partial charge in [0, 0.05) is 26.2 Å². The van der Waals surface area contributed by atoms with E-state index in [1.807, 2.05) is 0 Å². The number of rotatable bonds is 5. The molecule has 1 heterocycles. The Labute approximate surface area is 92.0 Å². The van der Waals surface area contributed by atoms with Crippen molar-refractivity contribution in [2.45, 2.75) is 32.2 Å². The van der Waals surface area contributed by atoms with E-state index in [0.29, 0.717) is 6.04 Å². The smallest absolute Gasteiger partial charge is 0.246 e. The zero-order chi connectivity index (χ0) is 11.1. The maximum atomic E-state index is 11.3. The molecule has 1 aliphatic rings. The monoisotopic (exact) mass is 214 g/mol. The fourth-order valence-corrected chi connectivity index (χ4v) is 2.02. The summed E-state index contributed by atoms with van der Waals surface area (Å²) >= 11 is 0. The molecule has 4 nitrogen and oxygen atoms in total. The summed E-state index contributed by atoms with van der Waals surface area (Å²) in [5, 5.41) is 2.99. The second-order valence-electron chi connectivity index (χ2n) is 4.12. The van der Waals surface area contributed by atoms with Gasteiger partial charge in [-0.2, -0.15) is 0 Å². The van der Waals surface area contributed by atoms with Crippen LogP contribution in [0.25, 0.3) is 0 Å². The van der Waals surface area contributed by atoms with Crippen LogP contribution in [0.1, 0.15) is 26.2 Å². The molecule has 1 fully saturated rings. The predicted octanol–water partition coefficient (Wildman–Crippen LogP) is 0.623. The molecule has 1 N–H and O–H groups in total. The van der Waals surface area contributed by atoms with Gasteiger partial charge in [-0.15, -0.1) is 0 Å². The average Bonchev–Trinajstić information content (AvgIpc) is 2.22. The number of likely N-dealkylation sites (tertiary alicyclic amines) is 1. The van der Waals surface area contributed by atoms with Gasteiger partial charge in [0.25, 0.3) is 0 Å². The molecular formula is C11H22N2O2. The first-order chi connectivity index (χ1) is 7.26. The van der Waals surface area contributed by atoms with E-state index in [9.17, 15) is 4.79 Å². The highest BCUT2D eigenvalue weighted by Gasteiger charge is 2.19. The van der Waals surface area contributed by atoms with Crippen molar-refractivity contribution in [1.29, 1.82) is 0 Å². The third-order valence-electron chi connectivity index (χ3n) is 2.77. The van der Waals surface area contributed by atoms with Crippen LogP contribution in [0.5, 0.6) is 0 Å². The number of nitrogens with zero attached hydrogens (tertiary/aromatic N) is 1. The number of hydrogen-bond acceptors (Lipinski definition) is 3. The molecule has 0 radical (unpaired) electrons. The fourth-order valence-electron chi connectivity index (χ4n) is 2.02. The van der Waals surface area contributed by atoms with Gasteiger partial charge in [0.2, 0.25) is 5.91 Å². The summed E-state index contributed by atoms with van der Waals surface area (Å²) in [6.07, 6.45) is 3.34. The normalized spacial score (nSPS) is 19.1. The van der Waals surface area contributed by atoms with Crippen LogP contribution in [-0.2, 0) is 9.53 Å². The quantitative estimate of drug-likeness (QED) is 0.729. The molecule has 0 bridgehead atoms. The van der Waals surface area contributed by atoms with Crippen molar-refractivity contribution in [3.05, 3.63) is 0 Å². The SMILES string of the molecule is CCCN1CCC(NC(=O)COC)CC1. The molecule has 1 saturated heterocycles. The van der Waals surface area contributed by atoms with Crippen LogP contribution < -0.4 is 5.32 Å². The summed E-state index contributed by atoms with van der Waals surface area (Å²) in [6.45, 7) is 5.76. The second kappa shape index (κ2) is 6.80. The third kappa shape index (κ3) is 4.62. The van der Waals surface area contributed by atoms with Gasteiger partial charge in [0.1, 0.15) is 6.61 Å². The van der Waals surface area contributed by atoms with Gasteiger partial charge < -0.3 is 15.0 Å². The number of hydrogen-bond donors (Lipinski definition) is 1. The van der Waals surface area contributed by atoms with Crippen LogP contribution in [0.2, 0.25) is 0 Å². The minimum atomic E-state index is 0.00596. The number of methoxy groups -OCH3 is 1. The molecule has 88 valence electrons. The summed E-state index contributed by atoms with van der Waals surface area (Å²) in [7, 11) is 1.55. The van der Waals surface area contributed by atoms with Crippen molar-refractivity contribution >= 4 is 5.91 Å². The van der Waals surface area contributed by atoms with Gasteiger partial charge in [-0.25, -0.2) is 0 Å². The topological polar surface area (TPSA) is 41.6 Å². The van der Waals surface area contributed by atoms with E-state index in [-0.39, 0.29) is 12.5 Å². The Morgan fingerprint density at radius 2 is 2.13 bits per heavy atom. The van der Waals surface area contributed by atoms with E-state index in [4.69, 9.17) is 4.74 Å². The third-order valence-corrected chi connectivity index (χ3v) is 2.77. The van der Waals surface area contributed by atoms with Gasteiger partial charge in [-0.3, -0.25) is 4.79 Å². The van der Waals surface area contributed by atoms with Gasteiger partial charge >= 0.3 is 0 Å². The van der Waals surface area contributed by atoms with Crippen molar-refractivity contribution in [2.75, 3.05) is 33.4 Å². The number of ether oxygens (including phenoxy) is 1. The van der Waals surface area contributed by atoms with Crippen LogP contribution in [0.15, 0.2) is 0 Å². The highest BCUT2D eigenvalue weighted by atomic mass is 16.5. The van der Waals surface area contributed by atoms with Gasteiger partial charge in [-0.05, 0) is 25.8 Å². The number of nitrogens with one attached hydrogen (secondary N) is 1. The lowest BCUT2D eigenvalue weighted by Gasteiger charge is -2.32. The molecule has 0 aromatic carbocycles. The first-order valence-electron chi connectivity index (χ1n) is 5.77. The number of carbonyl (C=O) groups is 1. The molecule has 0 spiro atoms. The molecule has 0 aromatic rings. The average molecular weight is 214 g/mol. The lowest BCUT2D eigenvalue weighted by Crippen LogP contribution is -2.45. The minimum absolute atomic E-state index is 0.00596. The first kappa shape index (κ1) is 12.5. The fraction of sp³-hybridized carbons (Fsp3) is 0.909. The zero-order valence-corrected chi connectivity index (χ0v) is 9.79. The van der Waals surface area contributed by atoms with Gasteiger partial charge in [-0.1, -0.05) is 6.92 Å². The van der Waals surface area contributed by atoms with E-state index in [1.165, 1.54) is 13.0 Å². The molecule has 1 rings (SSSR count). The first-order valence-corrected chi connectivity index (χ1v) is 5.77. The molecule has 15 heavy (non-hydrogen) atoms. The van der Waals surface area contributed by atoms with Gasteiger partial charge in [0.15, 0.2) is 0 Å². The van der Waals surface area contributed by atoms with E-state index in [2.05, 4.69) is 17.1 Å². The summed E-state index contributed by atoms with van der Waals surface area (Å²) < 4.78 is 4.78. The molecule has 0 unspecified atom stereocenters. The van der Waals surface area contributed by atoms with Crippen molar-refractivity contribution in [3.63, 3.8) is 0 Å². The largest absolute Gasteiger partial charge is 0.375 e.